The number of nitrogens with zero attached hydrogens (tertiary/aromatic N) is 1. The minimum absolute atomic E-state index is 0.0179. The number of piperidine rings is 1. The van der Waals surface area contributed by atoms with Gasteiger partial charge in [-0.15, -0.1) is 0 Å². The molecule has 2 unspecified atom stereocenters. The molecule has 1 fully saturated rings. The molecule has 0 radical (unpaired) electrons. The Morgan fingerprint density at radius 2 is 1.77 bits per heavy atom. The van der Waals surface area contributed by atoms with E-state index in [-0.39, 0.29) is 23.7 Å². The van der Waals surface area contributed by atoms with Gasteiger partial charge in [-0.2, -0.15) is 0 Å². The Kier molecular flexibility index (Phi) is 7.93. The molecule has 1 saturated heterocycles. The molecule has 0 aromatic heterocycles. The van der Waals surface area contributed by atoms with Crippen LogP contribution >= 0.6 is 0 Å². The Hall–Kier alpha value is -3.02. The number of ether oxygens (including phenoxy) is 2. The molecular weight excluding hydrogens is 392 g/mol. The van der Waals surface area contributed by atoms with Gasteiger partial charge in [-0.1, -0.05) is 32.0 Å². The highest BCUT2D eigenvalue weighted by molar-refractivity contribution is 5.97. The number of hydrogen-bond acceptors (Lipinski definition) is 4. The van der Waals surface area contributed by atoms with Crippen LogP contribution in [0.3, 0.4) is 0 Å². The number of carbonyl (C=O) groups is 2. The molecule has 6 nitrogen and oxygen atoms in total. The molecule has 2 aromatic carbocycles. The van der Waals surface area contributed by atoms with Gasteiger partial charge in [0, 0.05) is 24.6 Å². The fraction of sp³-hybridized carbons (Fsp3) is 0.440. The van der Waals surface area contributed by atoms with Crippen molar-refractivity contribution in [2.24, 2.45) is 11.8 Å². The molecule has 1 aliphatic rings. The summed E-state index contributed by atoms with van der Waals surface area (Å²) in [4.78, 5) is 27.9. The molecule has 3 rings (SSSR count). The lowest BCUT2D eigenvalue weighted by Crippen LogP contribution is -2.53. The van der Waals surface area contributed by atoms with Crippen molar-refractivity contribution >= 4 is 11.8 Å². The summed E-state index contributed by atoms with van der Waals surface area (Å²) in [6, 6.07) is 16.1. The molecule has 0 aliphatic carbocycles. The maximum absolute atomic E-state index is 13.3. The van der Waals surface area contributed by atoms with E-state index in [2.05, 4.69) is 5.32 Å². The predicted octanol–water partition coefficient (Wildman–Crippen LogP) is 3.77. The number of likely N-dealkylation sites (tertiary alicyclic amines) is 1. The minimum Gasteiger partial charge on any atom is -0.497 e. The number of para-hydroxylation sites is 1. The summed E-state index contributed by atoms with van der Waals surface area (Å²) in [6.45, 7) is 5.85. The maximum atomic E-state index is 13.3. The second kappa shape index (κ2) is 10.8. The summed E-state index contributed by atoms with van der Waals surface area (Å²) < 4.78 is 11.0. The molecule has 166 valence electrons. The van der Waals surface area contributed by atoms with Crippen LogP contribution in [0.5, 0.6) is 11.5 Å². The van der Waals surface area contributed by atoms with E-state index in [1.165, 1.54) is 0 Å². The van der Waals surface area contributed by atoms with E-state index in [0.717, 1.165) is 18.6 Å². The molecule has 31 heavy (non-hydrogen) atoms. The van der Waals surface area contributed by atoms with Gasteiger partial charge in [0.1, 0.15) is 17.5 Å². The number of methoxy groups -OCH3 is 1. The van der Waals surface area contributed by atoms with Crippen LogP contribution < -0.4 is 14.8 Å². The Morgan fingerprint density at radius 3 is 2.42 bits per heavy atom. The molecule has 2 amide bonds. The fourth-order valence-electron chi connectivity index (χ4n) is 3.81. The normalized spacial score (nSPS) is 17.2. The van der Waals surface area contributed by atoms with Crippen molar-refractivity contribution in [2.45, 2.75) is 32.7 Å². The SMILES string of the molecule is COc1ccc(C(=O)NC(C(=O)N2CCCC(COc3ccccc3)C2)C(C)C)cc1. The Bertz CT molecular complexity index is 852. The molecule has 2 aromatic rings. The molecule has 0 spiro atoms. The van der Waals surface area contributed by atoms with Gasteiger partial charge in [0.15, 0.2) is 0 Å². The first kappa shape index (κ1) is 22.7. The van der Waals surface area contributed by atoms with Crippen molar-refractivity contribution in [3.63, 3.8) is 0 Å². The molecule has 0 saturated carbocycles. The zero-order valence-electron chi connectivity index (χ0n) is 18.5. The number of carbonyl (C=O) groups excluding carboxylic acids is 2. The lowest BCUT2D eigenvalue weighted by atomic mass is 9.96. The third-order valence-electron chi connectivity index (χ3n) is 5.63. The molecule has 1 heterocycles. The van der Waals surface area contributed by atoms with Crippen molar-refractivity contribution < 1.29 is 19.1 Å². The standard InChI is InChI=1S/C25H32N2O4/c1-18(2)23(26-24(28)20-11-13-21(30-3)14-12-20)25(29)27-15-7-8-19(16-27)17-31-22-9-5-4-6-10-22/h4-6,9-14,18-19,23H,7-8,15-17H2,1-3H3,(H,26,28). The highest BCUT2D eigenvalue weighted by Gasteiger charge is 2.32. The molecular formula is C25H32N2O4. The quantitative estimate of drug-likeness (QED) is 0.701. The van der Waals surface area contributed by atoms with E-state index >= 15 is 0 Å². The first-order chi connectivity index (χ1) is 15.0. The largest absolute Gasteiger partial charge is 0.497 e. The molecule has 1 aliphatic heterocycles. The summed E-state index contributed by atoms with van der Waals surface area (Å²) in [7, 11) is 1.58. The third-order valence-corrected chi connectivity index (χ3v) is 5.63. The highest BCUT2D eigenvalue weighted by Crippen LogP contribution is 2.21. The van der Waals surface area contributed by atoms with E-state index in [0.29, 0.717) is 31.0 Å². The summed E-state index contributed by atoms with van der Waals surface area (Å²) >= 11 is 0. The first-order valence-electron chi connectivity index (χ1n) is 10.9. The van der Waals surface area contributed by atoms with Crippen LogP contribution in [0.4, 0.5) is 0 Å². The van der Waals surface area contributed by atoms with Crippen LogP contribution in [0.15, 0.2) is 54.6 Å². The smallest absolute Gasteiger partial charge is 0.251 e. The van der Waals surface area contributed by atoms with Crippen LogP contribution in [-0.2, 0) is 4.79 Å². The zero-order valence-corrected chi connectivity index (χ0v) is 18.5. The van der Waals surface area contributed by atoms with Crippen LogP contribution in [0.2, 0.25) is 0 Å². The Morgan fingerprint density at radius 1 is 1.06 bits per heavy atom. The number of amides is 2. The number of benzene rings is 2. The van der Waals surface area contributed by atoms with Gasteiger partial charge in [-0.05, 0) is 55.2 Å². The van der Waals surface area contributed by atoms with E-state index in [1.807, 2.05) is 49.1 Å². The molecule has 2 atom stereocenters. The lowest BCUT2D eigenvalue weighted by Gasteiger charge is -2.36. The lowest BCUT2D eigenvalue weighted by molar-refractivity contribution is -0.136. The van der Waals surface area contributed by atoms with Crippen molar-refractivity contribution in [3.8, 4) is 11.5 Å². The van der Waals surface area contributed by atoms with Crippen molar-refractivity contribution in [1.29, 1.82) is 0 Å². The van der Waals surface area contributed by atoms with Crippen molar-refractivity contribution in [2.75, 3.05) is 26.8 Å². The highest BCUT2D eigenvalue weighted by atomic mass is 16.5. The van der Waals surface area contributed by atoms with Crippen LogP contribution in [0, 0.1) is 11.8 Å². The van der Waals surface area contributed by atoms with Gasteiger partial charge >= 0.3 is 0 Å². The second-order valence-corrected chi connectivity index (χ2v) is 8.34. The van der Waals surface area contributed by atoms with Gasteiger partial charge in [-0.25, -0.2) is 0 Å². The number of rotatable bonds is 8. The Balaban J connectivity index is 1.59. The van der Waals surface area contributed by atoms with Crippen LogP contribution in [0.1, 0.15) is 37.0 Å². The number of hydrogen-bond donors (Lipinski definition) is 1. The van der Waals surface area contributed by atoms with Gasteiger partial charge in [0.05, 0.1) is 13.7 Å². The summed E-state index contributed by atoms with van der Waals surface area (Å²) in [6.07, 6.45) is 1.97. The van der Waals surface area contributed by atoms with E-state index < -0.39 is 6.04 Å². The summed E-state index contributed by atoms with van der Waals surface area (Å²) in [5, 5.41) is 2.94. The van der Waals surface area contributed by atoms with E-state index in [1.54, 1.807) is 31.4 Å². The Labute approximate surface area is 184 Å². The van der Waals surface area contributed by atoms with Gasteiger partial charge in [0.25, 0.3) is 5.91 Å². The molecule has 0 bridgehead atoms. The van der Waals surface area contributed by atoms with Gasteiger partial charge in [-0.3, -0.25) is 9.59 Å². The van der Waals surface area contributed by atoms with Crippen molar-refractivity contribution in [1.82, 2.24) is 10.2 Å². The van der Waals surface area contributed by atoms with E-state index in [4.69, 9.17) is 9.47 Å². The van der Waals surface area contributed by atoms with Crippen molar-refractivity contribution in [3.05, 3.63) is 60.2 Å². The maximum Gasteiger partial charge on any atom is 0.251 e. The molecule has 1 N–H and O–H groups in total. The van der Waals surface area contributed by atoms with Crippen LogP contribution in [-0.4, -0.2) is 49.6 Å². The summed E-state index contributed by atoms with van der Waals surface area (Å²) in [5.74, 6) is 1.51. The molecule has 6 heteroatoms. The van der Waals surface area contributed by atoms with E-state index in [9.17, 15) is 9.59 Å². The average molecular weight is 425 g/mol. The second-order valence-electron chi connectivity index (χ2n) is 8.34. The topological polar surface area (TPSA) is 67.9 Å². The summed E-state index contributed by atoms with van der Waals surface area (Å²) in [5.41, 5.74) is 0.507. The van der Waals surface area contributed by atoms with Crippen LogP contribution in [0.25, 0.3) is 0 Å². The fourth-order valence-corrected chi connectivity index (χ4v) is 3.81. The number of nitrogens with one attached hydrogen (secondary N) is 1. The first-order valence-corrected chi connectivity index (χ1v) is 10.9. The monoisotopic (exact) mass is 424 g/mol. The minimum atomic E-state index is -0.566. The third kappa shape index (κ3) is 6.23. The predicted molar refractivity (Wildman–Crippen MR) is 120 cm³/mol. The van der Waals surface area contributed by atoms with Gasteiger partial charge < -0.3 is 19.7 Å². The van der Waals surface area contributed by atoms with Gasteiger partial charge in [0.2, 0.25) is 5.91 Å². The zero-order chi connectivity index (χ0) is 22.2. The average Bonchev–Trinajstić information content (AvgIpc) is 2.81.